The zero-order chi connectivity index (χ0) is 11.8. The van der Waals surface area contributed by atoms with Crippen molar-refractivity contribution < 1.29 is 9.53 Å². The van der Waals surface area contributed by atoms with E-state index in [1.54, 1.807) is 0 Å². The Bertz CT molecular complexity index is 203. The van der Waals surface area contributed by atoms with Gasteiger partial charge in [-0.1, -0.05) is 13.3 Å². The van der Waals surface area contributed by atoms with E-state index in [0.29, 0.717) is 6.54 Å². The molecular weight excluding hydrogens is 204 g/mol. The Morgan fingerprint density at radius 3 is 2.56 bits per heavy atom. The molecule has 0 radical (unpaired) electrons. The number of methoxy groups -OCH3 is 1. The van der Waals surface area contributed by atoms with Gasteiger partial charge in [0.25, 0.3) is 0 Å². The number of carbonyl (C=O) groups is 1. The number of carbonyl (C=O) groups excluding carboxylic acids is 1. The Morgan fingerprint density at radius 2 is 2.00 bits per heavy atom. The number of likely N-dealkylation sites (N-methyl/N-ethyl adjacent to an activating group) is 1. The van der Waals surface area contributed by atoms with E-state index in [1.807, 2.05) is 0 Å². The summed E-state index contributed by atoms with van der Waals surface area (Å²) in [6, 6.07) is 0. The average molecular weight is 228 g/mol. The second-order valence-electron chi connectivity index (χ2n) is 4.35. The van der Waals surface area contributed by atoms with E-state index in [4.69, 9.17) is 0 Å². The third kappa shape index (κ3) is 4.94. The molecule has 1 heterocycles. The third-order valence-corrected chi connectivity index (χ3v) is 3.21. The van der Waals surface area contributed by atoms with Gasteiger partial charge >= 0.3 is 5.97 Å². The highest BCUT2D eigenvalue weighted by molar-refractivity contribution is 5.71. The largest absolute Gasteiger partial charge is 0.468 e. The summed E-state index contributed by atoms with van der Waals surface area (Å²) in [4.78, 5) is 15.8. The summed E-state index contributed by atoms with van der Waals surface area (Å²) in [5.41, 5.74) is 0. The van der Waals surface area contributed by atoms with E-state index in [1.165, 1.54) is 39.5 Å². The fourth-order valence-electron chi connectivity index (χ4n) is 2.06. The Morgan fingerprint density at radius 1 is 1.31 bits per heavy atom. The first-order chi connectivity index (χ1) is 7.76. The number of rotatable bonds is 6. The predicted octanol–water partition coefficient (Wildman–Crippen LogP) is 0.967. The fourth-order valence-corrected chi connectivity index (χ4v) is 2.06. The minimum Gasteiger partial charge on any atom is -0.468 e. The molecule has 1 fully saturated rings. The average Bonchev–Trinajstić information content (AvgIpc) is 2.35. The highest BCUT2D eigenvalue weighted by Crippen LogP contribution is 2.08. The van der Waals surface area contributed by atoms with Crippen LogP contribution < -0.4 is 0 Å². The zero-order valence-corrected chi connectivity index (χ0v) is 10.6. The third-order valence-electron chi connectivity index (χ3n) is 3.21. The number of nitrogens with zero attached hydrogens (tertiary/aromatic N) is 2. The summed E-state index contributed by atoms with van der Waals surface area (Å²) in [7, 11) is 1.45. The van der Waals surface area contributed by atoms with E-state index in [2.05, 4.69) is 21.5 Å². The van der Waals surface area contributed by atoms with Crippen LogP contribution in [-0.4, -0.2) is 62.1 Å². The Balaban J connectivity index is 2.19. The molecule has 0 bridgehead atoms. The first-order valence-corrected chi connectivity index (χ1v) is 6.27. The van der Waals surface area contributed by atoms with Gasteiger partial charge in [0.1, 0.15) is 0 Å². The molecule has 0 aromatic carbocycles. The van der Waals surface area contributed by atoms with Crippen LogP contribution in [0.3, 0.4) is 0 Å². The van der Waals surface area contributed by atoms with Crippen LogP contribution in [0.25, 0.3) is 0 Å². The van der Waals surface area contributed by atoms with Gasteiger partial charge in [0, 0.05) is 13.1 Å². The van der Waals surface area contributed by atoms with E-state index < -0.39 is 0 Å². The predicted molar refractivity (Wildman–Crippen MR) is 64.4 cm³/mol. The fraction of sp³-hybridized carbons (Fsp3) is 0.917. The molecule has 0 aromatic heterocycles. The summed E-state index contributed by atoms with van der Waals surface area (Å²) < 4.78 is 4.68. The minimum absolute atomic E-state index is 0.138. The number of likely N-dealkylation sites (tertiary alicyclic amines) is 1. The van der Waals surface area contributed by atoms with Crippen LogP contribution in [0.2, 0.25) is 0 Å². The Kier molecular flexibility index (Phi) is 6.42. The van der Waals surface area contributed by atoms with Crippen LogP contribution in [0.5, 0.6) is 0 Å². The van der Waals surface area contributed by atoms with Crippen LogP contribution in [0.15, 0.2) is 0 Å². The van der Waals surface area contributed by atoms with E-state index >= 15 is 0 Å². The van der Waals surface area contributed by atoms with Gasteiger partial charge in [-0.3, -0.25) is 9.69 Å². The van der Waals surface area contributed by atoms with Crippen molar-refractivity contribution in [1.82, 2.24) is 9.80 Å². The van der Waals surface area contributed by atoms with Gasteiger partial charge < -0.3 is 9.64 Å². The standard InChI is InChI=1S/C12H24N2O2/c1-3-13(11-12(15)16-2)9-10-14-7-5-4-6-8-14/h3-11H2,1-2H3. The number of hydrogen-bond acceptors (Lipinski definition) is 4. The maximum atomic E-state index is 11.2. The van der Waals surface area contributed by atoms with Crippen LogP contribution in [0.1, 0.15) is 26.2 Å². The van der Waals surface area contributed by atoms with Gasteiger partial charge in [-0.2, -0.15) is 0 Å². The van der Waals surface area contributed by atoms with Gasteiger partial charge in [-0.25, -0.2) is 0 Å². The summed E-state index contributed by atoms with van der Waals surface area (Å²) in [6.07, 6.45) is 4.02. The molecule has 0 spiro atoms. The molecule has 94 valence electrons. The van der Waals surface area contributed by atoms with E-state index in [9.17, 15) is 4.79 Å². The Hall–Kier alpha value is -0.610. The lowest BCUT2D eigenvalue weighted by Gasteiger charge is -2.29. The molecule has 1 aliphatic rings. The summed E-state index contributed by atoms with van der Waals surface area (Å²) in [5.74, 6) is -0.138. The van der Waals surface area contributed by atoms with Crippen molar-refractivity contribution in [2.24, 2.45) is 0 Å². The van der Waals surface area contributed by atoms with Gasteiger partial charge in [0.15, 0.2) is 0 Å². The molecule has 4 nitrogen and oxygen atoms in total. The second-order valence-corrected chi connectivity index (χ2v) is 4.35. The normalized spacial score (nSPS) is 17.7. The monoisotopic (exact) mass is 228 g/mol. The molecule has 1 rings (SSSR count). The van der Waals surface area contributed by atoms with Crippen molar-refractivity contribution in [3.8, 4) is 0 Å². The zero-order valence-electron chi connectivity index (χ0n) is 10.6. The van der Waals surface area contributed by atoms with Crippen LogP contribution in [0.4, 0.5) is 0 Å². The SMILES string of the molecule is CCN(CCN1CCCCC1)CC(=O)OC. The summed E-state index contributed by atoms with van der Waals surface area (Å²) in [5, 5.41) is 0. The molecular formula is C12H24N2O2. The molecule has 0 N–H and O–H groups in total. The van der Waals surface area contributed by atoms with Crippen molar-refractivity contribution >= 4 is 5.97 Å². The highest BCUT2D eigenvalue weighted by atomic mass is 16.5. The lowest BCUT2D eigenvalue weighted by Crippen LogP contribution is -2.39. The Labute approximate surface area is 98.5 Å². The molecule has 0 aromatic rings. The van der Waals surface area contributed by atoms with Crippen molar-refractivity contribution in [2.75, 3.05) is 46.4 Å². The van der Waals surface area contributed by atoms with Crippen molar-refractivity contribution in [2.45, 2.75) is 26.2 Å². The lowest BCUT2D eigenvalue weighted by atomic mass is 10.1. The number of hydrogen-bond donors (Lipinski definition) is 0. The van der Waals surface area contributed by atoms with E-state index in [0.717, 1.165) is 19.6 Å². The summed E-state index contributed by atoms with van der Waals surface area (Å²) >= 11 is 0. The molecule has 0 aliphatic carbocycles. The molecule has 0 amide bonds. The van der Waals surface area contributed by atoms with Crippen LogP contribution >= 0.6 is 0 Å². The molecule has 0 saturated carbocycles. The summed E-state index contributed by atoms with van der Waals surface area (Å²) in [6.45, 7) is 7.88. The quantitative estimate of drug-likeness (QED) is 0.634. The minimum atomic E-state index is -0.138. The van der Waals surface area contributed by atoms with Crippen LogP contribution in [-0.2, 0) is 9.53 Å². The molecule has 0 unspecified atom stereocenters. The topological polar surface area (TPSA) is 32.8 Å². The maximum absolute atomic E-state index is 11.2. The molecule has 1 saturated heterocycles. The van der Waals surface area contributed by atoms with Crippen molar-refractivity contribution in [1.29, 1.82) is 0 Å². The molecule has 1 aliphatic heterocycles. The number of esters is 1. The van der Waals surface area contributed by atoms with E-state index in [-0.39, 0.29) is 5.97 Å². The van der Waals surface area contributed by atoms with Gasteiger partial charge in [0.05, 0.1) is 13.7 Å². The van der Waals surface area contributed by atoms with Crippen LogP contribution in [0, 0.1) is 0 Å². The highest BCUT2D eigenvalue weighted by Gasteiger charge is 2.13. The number of ether oxygens (including phenoxy) is 1. The molecule has 16 heavy (non-hydrogen) atoms. The molecule has 4 heteroatoms. The van der Waals surface area contributed by atoms with Gasteiger partial charge in [0.2, 0.25) is 0 Å². The first-order valence-electron chi connectivity index (χ1n) is 6.27. The van der Waals surface area contributed by atoms with Crippen molar-refractivity contribution in [3.63, 3.8) is 0 Å². The smallest absolute Gasteiger partial charge is 0.319 e. The van der Waals surface area contributed by atoms with Crippen molar-refractivity contribution in [3.05, 3.63) is 0 Å². The van der Waals surface area contributed by atoms with Gasteiger partial charge in [-0.05, 0) is 32.5 Å². The van der Waals surface area contributed by atoms with Gasteiger partial charge in [-0.15, -0.1) is 0 Å². The maximum Gasteiger partial charge on any atom is 0.319 e. The second kappa shape index (κ2) is 7.63. The first kappa shape index (κ1) is 13.5. The molecule has 0 atom stereocenters. The number of piperidine rings is 1. The lowest BCUT2D eigenvalue weighted by molar-refractivity contribution is -0.141.